The molecule has 1 N–H and O–H groups in total. The van der Waals surface area contributed by atoms with Crippen molar-refractivity contribution < 1.29 is 9.59 Å². The molecule has 0 aromatic heterocycles. The molecule has 0 bridgehead atoms. The lowest BCUT2D eigenvalue weighted by molar-refractivity contribution is -0.127. The summed E-state index contributed by atoms with van der Waals surface area (Å²) in [7, 11) is 0. The van der Waals surface area contributed by atoms with Crippen LogP contribution in [0.1, 0.15) is 70.2 Å². The van der Waals surface area contributed by atoms with Gasteiger partial charge in [0, 0.05) is 6.42 Å². The van der Waals surface area contributed by atoms with E-state index in [-0.39, 0.29) is 11.8 Å². The van der Waals surface area contributed by atoms with Crippen LogP contribution in [0.2, 0.25) is 5.02 Å². The van der Waals surface area contributed by atoms with Crippen LogP contribution >= 0.6 is 11.6 Å². The van der Waals surface area contributed by atoms with E-state index in [1.165, 1.54) is 5.01 Å². The fourth-order valence-corrected chi connectivity index (χ4v) is 2.39. The summed E-state index contributed by atoms with van der Waals surface area (Å²) >= 11 is 6.11. The first-order valence-electron chi connectivity index (χ1n) is 8.16. The number of nitrogens with one attached hydrogen (secondary N) is 1. The van der Waals surface area contributed by atoms with Crippen molar-refractivity contribution in [2.24, 2.45) is 0 Å². The number of hydrazine groups is 1. The average molecular weight is 339 g/mol. The Labute approximate surface area is 144 Å². The van der Waals surface area contributed by atoms with E-state index in [4.69, 9.17) is 11.6 Å². The Bertz CT molecular complexity index is 538. The Hall–Kier alpha value is -1.55. The number of carbonyl (C=O) groups is 2. The van der Waals surface area contributed by atoms with Gasteiger partial charge in [-0.3, -0.25) is 15.0 Å². The smallest absolute Gasteiger partial charge is 0.273 e. The third-order valence-electron chi connectivity index (χ3n) is 3.47. The van der Waals surface area contributed by atoms with Gasteiger partial charge in [0.1, 0.15) is 0 Å². The molecule has 128 valence electrons. The van der Waals surface area contributed by atoms with Crippen LogP contribution in [0, 0.1) is 0 Å². The predicted octanol–water partition coefficient (Wildman–Crippen LogP) is 4.58. The maximum absolute atomic E-state index is 12.8. The molecule has 23 heavy (non-hydrogen) atoms. The van der Waals surface area contributed by atoms with Crippen LogP contribution in [-0.4, -0.2) is 22.4 Å². The van der Waals surface area contributed by atoms with E-state index >= 15 is 0 Å². The number of halogens is 1. The Kier molecular flexibility index (Phi) is 7.56. The lowest BCUT2D eigenvalue weighted by atomic mass is 10.1. The fourth-order valence-electron chi connectivity index (χ4n) is 2.17. The molecular formula is C18H27ClN2O2. The summed E-state index contributed by atoms with van der Waals surface area (Å²) in [6.07, 6.45) is 4.52. The Morgan fingerprint density at radius 2 is 1.78 bits per heavy atom. The van der Waals surface area contributed by atoms with Crippen LogP contribution in [0.15, 0.2) is 24.3 Å². The van der Waals surface area contributed by atoms with Crippen molar-refractivity contribution in [2.45, 2.75) is 65.3 Å². The first-order valence-corrected chi connectivity index (χ1v) is 8.53. The summed E-state index contributed by atoms with van der Waals surface area (Å²) in [5.41, 5.74) is 2.58. The van der Waals surface area contributed by atoms with Crippen molar-refractivity contribution in [3.8, 4) is 0 Å². The third kappa shape index (κ3) is 6.22. The molecule has 2 amide bonds. The molecule has 0 aliphatic carbocycles. The summed E-state index contributed by atoms with van der Waals surface area (Å²) in [6.45, 7) is 7.75. The van der Waals surface area contributed by atoms with Crippen molar-refractivity contribution >= 4 is 23.4 Å². The maximum atomic E-state index is 12.8. The number of carbonyl (C=O) groups excluding carboxylic acids is 2. The van der Waals surface area contributed by atoms with Crippen molar-refractivity contribution in [2.75, 3.05) is 0 Å². The van der Waals surface area contributed by atoms with Crippen LogP contribution in [0.3, 0.4) is 0 Å². The fraction of sp³-hybridized carbons (Fsp3) is 0.556. The third-order valence-corrected chi connectivity index (χ3v) is 3.80. The molecule has 4 nitrogen and oxygen atoms in total. The summed E-state index contributed by atoms with van der Waals surface area (Å²) < 4.78 is 0. The van der Waals surface area contributed by atoms with Gasteiger partial charge in [-0.05, 0) is 39.3 Å². The molecule has 0 aliphatic heterocycles. The van der Waals surface area contributed by atoms with E-state index in [1.807, 2.05) is 20.8 Å². The average Bonchev–Trinajstić information content (AvgIpc) is 2.48. The van der Waals surface area contributed by atoms with Gasteiger partial charge in [-0.2, -0.15) is 0 Å². The molecule has 1 aromatic carbocycles. The van der Waals surface area contributed by atoms with Gasteiger partial charge < -0.3 is 0 Å². The highest BCUT2D eigenvalue weighted by molar-refractivity contribution is 6.33. The zero-order valence-electron chi connectivity index (χ0n) is 14.5. The number of hydrogen-bond acceptors (Lipinski definition) is 2. The highest BCUT2D eigenvalue weighted by Gasteiger charge is 2.30. The van der Waals surface area contributed by atoms with Gasteiger partial charge in [0.15, 0.2) is 0 Å². The quantitative estimate of drug-likeness (QED) is 0.609. The number of amides is 2. The zero-order valence-corrected chi connectivity index (χ0v) is 15.2. The summed E-state index contributed by atoms with van der Waals surface area (Å²) in [5, 5.41) is 1.75. The standard InChI is InChI=1S/C18H27ClN2O2/c1-5-6-7-8-13-16(22)20-21(18(2,3)4)17(23)14-11-9-10-12-15(14)19/h9-12H,5-8,13H2,1-4H3,(H,20,22). The van der Waals surface area contributed by atoms with E-state index in [1.54, 1.807) is 24.3 Å². The van der Waals surface area contributed by atoms with E-state index in [9.17, 15) is 9.59 Å². The number of hydrogen-bond donors (Lipinski definition) is 1. The Balaban J connectivity index is 2.80. The lowest BCUT2D eigenvalue weighted by Gasteiger charge is -2.35. The Morgan fingerprint density at radius 3 is 2.35 bits per heavy atom. The van der Waals surface area contributed by atoms with Crippen molar-refractivity contribution in [1.29, 1.82) is 0 Å². The second-order valence-electron chi connectivity index (χ2n) is 6.64. The number of unbranched alkanes of at least 4 members (excludes halogenated alkanes) is 3. The molecule has 0 fully saturated rings. The van der Waals surface area contributed by atoms with E-state index in [0.717, 1.165) is 25.7 Å². The van der Waals surface area contributed by atoms with Crippen LogP contribution in [0.25, 0.3) is 0 Å². The highest BCUT2D eigenvalue weighted by Crippen LogP contribution is 2.21. The second kappa shape index (κ2) is 8.92. The molecule has 0 heterocycles. The van der Waals surface area contributed by atoms with Crippen LogP contribution in [0.5, 0.6) is 0 Å². The van der Waals surface area contributed by atoms with Crippen LogP contribution in [0.4, 0.5) is 0 Å². The van der Waals surface area contributed by atoms with E-state index in [2.05, 4.69) is 12.3 Å². The predicted molar refractivity (Wildman–Crippen MR) is 94.3 cm³/mol. The van der Waals surface area contributed by atoms with Gasteiger partial charge in [-0.1, -0.05) is 49.9 Å². The first-order chi connectivity index (χ1) is 10.8. The van der Waals surface area contributed by atoms with Crippen molar-refractivity contribution in [3.63, 3.8) is 0 Å². The molecule has 0 saturated carbocycles. The normalized spacial score (nSPS) is 11.2. The molecule has 0 unspecified atom stereocenters. The van der Waals surface area contributed by atoms with E-state index < -0.39 is 5.54 Å². The topological polar surface area (TPSA) is 49.4 Å². The zero-order chi connectivity index (χ0) is 17.5. The maximum Gasteiger partial charge on any atom is 0.274 e. The number of benzene rings is 1. The van der Waals surface area contributed by atoms with Gasteiger partial charge in [-0.25, -0.2) is 5.01 Å². The lowest BCUT2D eigenvalue weighted by Crippen LogP contribution is -2.55. The van der Waals surface area contributed by atoms with Gasteiger partial charge in [0.25, 0.3) is 5.91 Å². The van der Waals surface area contributed by atoms with Gasteiger partial charge in [0.05, 0.1) is 16.1 Å². The van der Waals surface area contributed by atoms with Crippen LogP contribution in [-0.2, 0) is 4.79 Å². The number of nitrogens with zero attached hydrogens (tertiary/aromatic N) is 1. The molecule has 0 radical (unpaired) electrons. The summed E-state index contributed by atoms with van der Waals surface area (Å²) in [4.78, 5) is 24.9. The van der Waals surface area contributed by atoms with E-state index in [0.29, 0.717) is 17.0 Å². The molecule has 0 aliphatic rings. The molecule has 1 rings (SSSR count). The van der Waals surface area contributed by atoms with Gasteiger partial charge in [0.2, 0.25) is 5.91 Å². The molecule has 0 atom stereocenters. The summed E-state index contributed by atoms with van der Waals surface area (Å²) in [6, 6.07) is 6.86. The second-order valence-corrected chi connectivity index (χ2v) is 7.04. The monoisotopic (exact) mass is 338 g/mol. The largest absolute Gasteiger partial charge is 0.274 e. The molecular weight excluding hydrogens is 312 g/mol. The molecule has 1 aromatic rings. The minimum Gasteiger partial charge on any atom is -0.273 e. The minimum atomic E-state index is -0.546. The van der Waals surface area contributed by atoms with Gasteiger partial charge in [-0.15, -0.1) is 0 Å². The minimum absolute atomic E-state index is 0.142. The highest BCUT2D eigenvalue weighted by atomic mass is 35.5. The summed E-state index contributed by atoms with van der Waals surface area (Å²) in [5.74, 6) is -0.443. The van der Waals surface area contributed by atoms with Crippen LogP contribution < -0.4 is 5.43 Å². The molecule has 0 spiro atoms. The molecule has 5 heteroatoms. The molecule has 0 saturated heterocycles. The van der Waals surface area contributed by atoms with Gasteiger partial charge >= 0.3 is 0 Å². The van der Waals surface area contributed by atoms with Crippen molar-refractivity contribution in [1.82, 2.24) is 10.4 Å². The first kappa shape index (κ1) is 19.5. The SMILES string of the molecule is CCCCCCC(=O)NN(C(=O)c1ccccc1Cl)C(C)(C)C. The van der Waals surface area contributed by atoms with Crippen molar-refractivity contribution in [3.05, 3.63) is 34.9 Å². The number of rotatable bonds is 6. The Morgan fingerprint density at radius 1 is 1.13 bits per heavy atom.